The number of fused-ring (bicyclic) bond motifs is 2. The number of alkyl halides is 4. The van der Waals surface area contributed by atoms with Crippen LogP contribution >= 0.6 is 0 Å². The molecule has 1 aliphatic heterocycles. The quantitative estimate of drug-likeness (QED) is 0.327. The van der Waals surface area contributed by atoms with Crippen LogP contribution in [-0.4, -0.2) is 60.5 Å². The number of rotatable bonds is 6. The Morgan fingerprint density at radius 2 is 1.92 bits per heavy atom. The van der Waals surface area contributed by atoms with Gasteiger partial charge in [0.25, 0.3) is 12.3 Å². The summed E-state index contributed by atoms with van der Waals surface area (Å²) in [6, 6.07) is 1.21. The molecule has 5 rings (SSSR count). The monoisotopic (exact) mass is 537 g/mol. The van der Waals surface area contributed by atoms with Crippen molar-refractivity contribution in [3.8, 4) is 11.1 Å². The number of likely N-dealkylation sites (tertiary alicyclic amines) is 1. The van der Waals surface area contributed by atoms with Crippen molar-refractivity contribution in [2.45, 2.75) is 52.1 Å². The van der Waals surface area contributed by atoms with Gasteiger partial charge in [-0.15, -0.1) is 5.10 Å². The predicted octanol–water partition coefficient (Wildman–Crippen LogP) is 5.56. The van der Waals surface area contributed by atoms with Gasteiger partial charge in [-0.1, -0.05) is 6.58 Å². The SMILES string of the molecule is C=C(C)N1CCC(Nc2nc(C)c3c(-c4cc(F)c5nc(C)n(CC(F)F)c5c4)c(F)cn3n2)C(F)(F)C1. The first kappa shape index (κ1) is 25.9. The number of aromatic nitrogens is 5. The van der Waals surface area contributed by atoms with Crippen molar-refractivity contribution in [1.82, 2.24) is 29.0 Å². The van der Waals surface area contributed by atoms with E-state index in [2.05, 4.69) is 27.0 Å². The fourth-order valence-corrected chi connectivity index (χ4v) is 4.97. The molecule has 38 heavy (non-hydrogen) atoms. The molecule has 0 amide bonds. The first-order valence-electron chi connectivity index (χ1n) is 11.9. The fraction of sp³-hybridized carbons (Fsp3) is 0.400. The molecule has 0 aliphatic carbocycles. The van der Waals surface area contributed by atoms with Gasteiger partial charge in [-0.05, 0) is 44.9 Å². The number of hydrogen-bond acceptors (Lipinski definition) is 5. The number of allylic oxidation sites excluding steroid dienone is 1. The Bertz CT molecular complexity index is 1560. The minimum absolute atomic E-state index is 0.0441. The summed E-state index contributed by atoms with van der Waals surface area (Å²) in [5.74, 6) is -4.58. The van der Waals surface area contributed by atoms with Gasteiger partial charge in [-0.2, -0.15) is 0 Å². The fourth-order valence-electron chi connectivity index (χ4n) is 4.97. The van der Waals surface area contributed by atoms with E-state index in [0.29, 0.717) is 12.2 Å². The lowest BCUT2D eigenvalue weighted by atomic mass is 10.0. The molecule has 1 saturated heterocycles. The van der Waals surface area contributed by atoms with Gasteiger partial charge in [-0.25, -0.2) is 40.8 Å². The van der Waals surface area contributed by atoms with E-state index in [-0.39, 0.29) is 51.6 Å². The maximum atomic E-state index is 15.2. The Morgan fingerprint density at radius 1 is 1.18 bits per heavy atom. The lowest BCUT2D eigenvalue weighted by molar-refractivity contribution is -0.0653. The molecule has 4 heterocycles. The Morgan fingerprint density at radius 3 is 2.58 bits per heavy atom. The standard InChI is InChI=1S/C25H25F6N7/c1-12(2)36-6-5-19(25(30,31)11-36)34-24-32-13(3)23-21(17(27)9-38(23)35-24)15-7-16(26)22-18(8-15)37(10-20(28)29)14(4)33-22/h7-9,19-20H,1,5-6,10-11H2,2-4H3,(H,34,35). The summed E-state index contributed by atoms with van der Waals surface area (Å²) in [6.45, 7) is 7.60. The second-order valence-electron chi connectivity index (χ2n) is 9.56. The second-order valence-corrected chi connectivity index (χ2v) is 9.56. The van der Waals surface area contributed by atoms with E-state index in [1.165, 1.54) is 22.5 Å². The van der Waals surface area contributed by atoms with Gasteiger partial charge in [-0.3, -0.25) is 0 Å². The van der Waals surface area contributed by atoms with E-state index in [4.69, 9.17) is 0 Å². The van der Waals surface area contributed by atoms with Gasteiger partial charge in [0.2, 0.25) is 5.95 Å². The molecule has 7 nitrogen and oxygen atoms in total. The third kappa shape index (κ3) is 4.43. The molecule has 1 N–H and O–H groups in total. The van der Waals surface area contributed by atoms with Crippen LogP contribution in [0.1, 0.15) is 24.9 Å². The highest BCUT2D eigenvalue weighted by atomic mass is 19.3. The third-order valence-electron chi connectivity index (χ3n) is 6.81. The molecule has 0 bridgehead atoms. The van der Waals surface area contributed by atoms with Crippen LogP contribution < -0.4 is 5.32 Å². The maximum absolute atomic E-state index is 15.2. The number of piperidine rings is 1. The molecular weight excluding hydrogens is 512 g/mol. The van der Waals surface area contributed by atoms with E-state index in [1.807, 2.05) is 0 Å². The van der Waals surface area contributed by atoms with Crippen molar-refractivity contribution in [2.24, 2.45) is 0 Å². The maximum Gasteiger partial charge on any atom is 0.284 e. The smallest absolute Gasteiger partial charge is 0.284 e. The van der Waals surface area contributed by atoms with Gasteiger partial charge in [0, 0.05) is 17.8 Å². The zero-order valence-corrected chi connectivity index (χ0v) is 20.9. The highest BCUT2D eigenvalue weighted by molar-refractivity contribution is 5.89. The van der Waals surface area contributed by atoms with Crippen molar-refractivity contribution in [1.29, 1.82) is 0 Å². The largest absolute Gasteiger partial charge is 0.369 e. The van der Waals surface area contributed by atoms with Crippen LogP contribution in [0.5, 0.6) is 0 Å². The molecule has 13 heteroatoms. The minimum atomic E-state index is -3.09. The average Bonchev–Trinajstić information content (AvgIpc) is 3.31. The summed E-state index contributed by atoms with van der Waals surface area (Å²) in [7, 11) is 0. The van der Waals surface area contributed by atoms with Crippen LogP contribution in [0, 0.1) is 25.5 Å². The van der Waals surface area contributed by atoms with Gasteiger partial charge < -0.3 is 14.8 Å². The predicted molar refractivity (Wildman–Crippen MR) is 130 cm³/mol. The van der Waals surface area contributed by atoms with Crippen LogP contribution in [0.15, 0.2) is 30.6 Å². The zero-order chi connectivity index (χ0) is 27.5. The Hall–Kier alpha value is -3.77. The van der Waals surface area contributed by atoms with Crippen molar-refractivity contribution >= 4 is 22.5 Å². The molecule has 1 atom stereocenters. The summed E-state index contributed by atoms with van der Waals surface area (Å²) in [4.78, 5) is 9.82. The third-order valence-corrected chi connectivity index (χ3v) is 6.81. The van der Waals surface area contributed by atoms with Crippen molar-refractivity contribution < 1.29 is 26.3 Å². The normalized spacial score (nSPS) is 17.6. The molecular formula is C25H25F6N7. The van der Waals surface area contributed by atoms with Gasteiger partial charge >= 0.3 is 0 Å². The summed E-state index contributed by atoms with van der Waals surface area (Å²) in [5, 5.41) is 6.86. The van der Waals surface area contributed by atoms with Crippen LogP contribution in [0.3, 0.4) is 0 Å². The van der Waals surface area contributed by atoms with Crippen molar-refractivity contribution in [3.05, 3.63) is 53.8 Å². The number of hydrogen-bond donors (Lipinski definition) is 1. The lowest BCUT2D eigenvalue weighted by Crippen LogP contribution is -2.54. The summed E-state index contributed by atoms with van der Waals surface area (Å²) >= 11 is 0. The van der Waals surface area contributed by atoms with E-state index < -0.39 is 43.1 Å². The number of imidazole rings is 1. The first-order valence-corrected chi connectivity index (χ1v) is 11.9. The van der Waals surface area contributed by atoms with Gasteiger partial charge in [0.15, 0.2) is 11.6 Å². The lowest BCUT2D eigenvalue weighted by Gasteiger charge is -2.39. The molecule has 0 radical (unpaired) electrons. The number of aryl methyl sites for hydroxylation is 2. The minimum Gasteiger partial charge on any atom is -0.369 e. The Balaban J connectivity index is 1.54. The molecule has 3 aromatic heterocycles. The second kappa shape index (κ2) is 9.21. The molecule has 0 spiro atoms. The molecule has 0 saturated carbocycles. The van der Waals surface area contributed by atoms with Crippen molar-refractivity contribution in [3.63, 3.8) is 0 Å². The summed E-state index contributed by atoms with van der Waals surface area (Å²) in [6.07, 6.45) is -1.56. The molecule has 202 valence electrons. The summed E-state index contributed by atoms with van der Waals surface area (Å²) < 4.78 is 88.4. The summed E-state index contributed by atoms with van der Waals surface area (Å²) in [5.41, 5.74) is 1.02. The van der Waals surface area contributed by atoms with Gasteiger partial charge in [0.05, 0.1) is 42.1 Å². The van der Waals surface area contributed by atoms with E-state index in [1.54, 1.807) is 13.8 Å². The number of nitrogens with one attached hydrogen (secondary N) is 1. The number of nitrogens with zero attached hydrogens (tertiary/aromatic N) is 6. The molecule has 1 aromatic carbocycles. The van der Waals surface area contributed by atoms with E-state index in [0.717, 1.165) is 16.8 Å². The molecule has 1 fully saturated rings. The molecule has 1 aliphatic rings. The number of benzene rings is 1. The average molecular weight is 538 g/mol. The highest BCUT2D eigenvalue weighted by Crippen LogP contribution is 2.35. The van der Waals surface area contributed by atoms with Crippen LogP contribution in [0.4, 0.5) is 32.3 Å². The molecule has 4 aromatic rings. The highest BCUT2D eigenvalue weighted by Gasteiger charge is 2.45. The topological polar surface area (TPSA) is 63.3 Å². The van der Waals surface area contributed by atoms with Crippen LogP contribution in [-0.2, 0) is 6.54 Å². The van der Waals surface area contributed by atoms with Crippen molar-refractivity contribution in [2.75, 3.05) is 18.4 Å². The Kier molecular flexibility index (Phi) is 6.27. The number of anilines is 1. The van der Waals surface area contributed by atoms with E-state index >= 15 is 4.39 Å². The first-order chi connectivity index (χ1) is 17.9. The Labute approximate surface area is 213 Å². The van der Waals surface area contributed by atoms with Crippen LogP contribution in [0.2, 0.25) is 0 Å². The van der Waals surface area contributed by atoms with Gasteiger partial charge in [0.1, 0.15) is 11.3 Å². The zero-order valence-electron chi connectivity index (χ0n) is 20.9. The van der Waals surface area contributed by atoms with Crippen LogP contribution in [0.25, 0.3) is 27.7 Å². The molecule has 1 unspecified atom stereocenters. The van der Waals surface area contributed by atoms with E-state index in [9.17, 15) is 22.0 Å². The number of halogens is 6.